The molecule has 2 nitrogen and oxygen atoms in total. The van der Waals surface area contributed by atoms with Gasteiger partial charge in [0.2, 0.25) is 0 Å². The highest BCUT2D eigenvalue weighted by Crippen LogP contribution is 2.20. The number of hydrogen-bond donors (Lipinski definition) is 0. The van der Waals surface area contributed by atoms with Crippen LogP contribution in [0.1, 0.15) is 13.3 Å². The molecule has 0 amide bonds. The summed E-state index contributed by atoms with van der Waals surface area (Å²) in [6.45, 7) is 9.03. The van der Waals surface area contributed by atoms with Crippen LogP contribution in [-0.2, 0) is 0 Å². The molecule has 12 heavy (non-hydrogen) atoms. The summed E-state index contributed by atoms with van der Waals surface area (Å²) in [5.41, 5.74) is 0. The van der Waals surface area contributed by atoms with E-state index < -0.39 is 0 Å². The topological polar surface area (TPSA) is 6.48 Å². The molecule has 1 atom stereocenters. The second-order valence-electron chi connectivity index (χ2n) is 4.74. The van der Waals surface area contributed by atoms with E-state index in [-0.39, 0.29) is 0 Å². The summed E-state index contributed by atoms with van der Waals surface area (Å²) in [6, 6.07) is 0. The maximum Gasteiger partial charge on any atom is 0.00226 e. The summed E-state index contributed by atoms with van der Waals surface area (Å²) in [6.07, 6.45) is 1.42. The highest BCUT2D eigenvalue weighted by Gasteiger charge is 2.27. The summed E-state index contributed by atoms with van der Waals surface area (Å²) in [7, 11) is 2.23. The Balaban J connectivity index is 1.67. The summed E-state index contributed by atoms with van der Waals surface area (Å²) < 4.78 is 0. The number of likely N-dealkylation sites (tertiary alicyclic amines) is 2. The third-order valence-electron chi connectivity index (χ3n) is 3.15. The molecule has 2 saturated heterocycles. The Bertz CT molecular complexity index is 152. The highest BCUT2D eigenvalue weighted by atomic mass is 15.2. The molecule has 0 bridgehead atoms. The van der Waals surface area contributed by atoms with E-state index in [2.05, 4.69) is 23.8 Å². The quantitative estimate of drug-likeness (QED) is 0.604. The van der Waals surface area contributed by atoms with Gasteiger partial charge in [0.05, 0.1) is 0 Å². The number of rotatable bonds is 2. The monoisotopic (exact) mass is 168 g/mol. The van der Waals surface area contributed by atoms with Crippen molar-refractivity contribution in [3.63, 3.8) is 0 Å². The smallest absolute Gasteiger partial charge is 0.00226 e. The normalized spacial score (nSPS) is 34.0. The fraction of sp³-hybridized carbons (Fsp3) is 1.00. The maximum absolute atomic E-state index is 2.61. The fourth-order valence-corrected chi connectivity index (χ4v) is 2.52. The van der Waals surface area contributed by atoms with Crippen molar-refractivity contribution in [2.75, 3.05) is 39.8 Å². The Kier molecular flexibility index (Phi) is 2.37. The average molecular weight is 168 g/mol. The molecule has 70 valence electrons. The van der Waals surface area contributed by atoms with Gasteiger partial charge in [0.25, 0.3) is 0 Å². The van der Waals surface area contributed by atoms with Crippen LogP contribution in [0.25, 0.3) is 0 Å². The molecule has 2 heteroatoms. The van der Waals surface area contributed by atoms with E-state index in [9.17, 15) is 0 Å². The lowest BCUT2D eigenvalue weighted by molar-refractivity contribution is 0.0939. The van der Waals surface area contributed by atoms with Crippen molar-refractivity contribution in [3.8, 4) is 0 Å². The van der Waals surface area contributed by atoms with Gasteiger partial charge in [0, 0.05) is 26.2 Å². The Morgan fingerprint density at radius 3 is 2.50 bits per heavy atom. The molecule has 2 heterocycles. The molecule has 2 aliphatic rings. The minimum atomic E-state index is 0.961. The predicted octanol–water partition coefficient (Wildman–Crippen LogP) is 0.890. The van der Waals surface area contributed by atoms with Crippen molar-refractivity contribution in [3.05, 3.63) is 0 Å². The number of hydrogen-bond acceptors (Lipinski definition) is 2. The molecule has 0 aromatic rings. The Morgan fingerprint density at radius 2 is 2.00 bits per heavy atom. The van der Waals surface area contributed by atoms with Crippen molar-refractivity contribution >= 4 is 0 Å². The number of nitrogens with zero attached hydrogens (tertiary/aromatic N) is 2. The second kappa shape index (κ2) is 3.35. The largest absolute Gasteiger partial charge is 0.306 e. The molecule has 2 rings (SSSR count). The van der Waals surface area contributed by atoms with Crippen LogP contribution < -0.4 is 0 Å². The summed E-state index contributed by atoms with van der Waals surface area (Å²) in [5.74, 6) is 1.92. The first-order chi connectivity index (χ1) is 5.74. The minimum absolute atomic E-state index is 0.961. The van der Waals surface area contributed by atoms with E-state index in [1.165, 1.54) is 39.1 Å². The van der Waals surface area contributed by atoms with Crippen LogP contribution in [0.15, 0.2) is 0 Å². The molecular formula is C10H20N2. The van der Waals surface area contributed by atoms with Gasteiger partial charge in [-0.1, -0.05) is 6.92 Å². The van der Waals surface area contributed by atoms with Gasteiger partial charge >= 0.3 is 0 Å². The standard InChI is InChI=1S/C10H20N2/c1-9-5-12(6-9)8-10-3-4-11(2)7-10/h9-10H,3-8H2,1-2H3. The molecule has 0 aromatic heterocycles. The minimum Gasteiger partial charge on any atom is -0.306 e. The van der Waals surface area contributed by atoms with Crippen molar-refractivity contribution < 1.29 is 0 Å². The third-order valence-corrected chi connectivity index (χ3v) is 3.15. The van der Waals surface area contributed by atoms with Crippen LogP contribution in [0.3, 0.4) is 0 Å². The van der Waals surface area contributed by atoms with E-state index >= 15 is 0 Å². The Hall–Kier alpha value is -0.0800. The van der Waals surface area contributed by atoms with Crippen molar-refractivity contribution in [2.45, 2.75) is 13.3 Å². The Morgan fingerprint density at radius 1 is 1.25 bits per heavy atom. The average Bonchev–Trinajstić information content (AvgIpc) is 2.33. The van der Waals surface area contributed by atoms with Gasteiger partial charge in [-0.3, -0.25) is 0 Å². The molecule has 2 fully saturated rings. The van der Waals surface area contributed by atoms with Crippen molar-refractivity contribution in [1.82, 2.24) is 9.80 Å². The molecule has 0 aromatic carbocycles. The third kappa shape index (κ3) is 1.80. The molecule has 0 spiro atoms. The van der Waals surface area contributed by atoms with E-state index in [0.717, 1.165) is 11.8 Å². The van der Waals surface area contributed by atoms with Gasteiger partial charge in [0.1, 0.15) is 0 Å². The van der Waals surface area contributed by atoms with Crippen LogP contribution in [0.5, 0.6) is 0 Å². The molecule has 0 saturated carbocycles. The second-order valence-corrected chi connectivity index (χ2v) is 4.74. The van der Waals surface area contributed by atoms with E-state index in [1.807, 2.05) is 0 Å². The molecule has 0 N–H and O–H groups in total. The lowest BCUT2D eigenvalue weighted by Crippen LogP contribution is -2.47. The van der Waals surface area contributed by atoms with Crippen molar-refractivity contribution in [1.29, 1.82) is 0 Å². The van der Waals surface area contributed by atoms with Crippen LogP contribution >= 0.6 is 0 Å². The van der Waals surface area contributed by atoms with Gasteiger partial charge in [0.15, 0.2) is 0 Å². The van der Waals surface area contributed by atoms with Crippen LogP contribution in [-0.4, -0.2) is 49.6 Å². The van der Waals surface area contributed by atoms with E-state index in [0.29, 0.717) is 0 Å². The molecule has 1 unspecified atom stereocenters. The van der Waals surface area contributed by atoms with Gasteiger partial charge in [-0.05, 0) is 31.8 Å². The van der Waals surface area contributed by atoms with Crippen molar-refractivity contribution in [2.24, 2.45) is 11.8 Å². The Labute approximate surface area is 75.5 Å². The first-order valence-corrected chi connectivity index (χ1v) is 5.15. The lowest BCUT2D eigenvalue weighted by atomic mass is 9.99. The molecule has 2 aliphatic heterocycles. The first kappa shape index (κ1) is 8.52. The SMILES string of the molecule is CC1CN(CC2CCN(C)C2)C1. The fourth-order valence-electron chi connectivity index (χ4n) is 2.52. The van der Waals surface area contributed by atoms with Crippen LogP contribution in [0.4, 0.5) is 0 Å². The highest BCUT2D eigenvalue weighted by molar-refractivity contribution is 4.82. The lowest BCUT2D eigenvalue weighted by Gasteiger charge is -2.38. The van der Waals surface area contributed by atoms with Crippen LogP contribution in [0, 0.1) is 11.8 Å². The summed E-state index contributed by atoms with van der Waals surface area (Å²) >= 11 is 0. The first-order valence-electron chi connectivity index (χ1n) is 5.15. The molecule has 0 aliphatic carbocycles. The zero-order chi connectivity index (χ0) is 8.55. The van der Waals surface area contributed by atoms with Gasteiger partial charge in [-0.15, -0.1) is 0 Å². The van der Waals surface area contributed by atoms with E-state index in [4.69, 9.17) is 0 Å². The van der Waals surface area contributed by atoms with Gasteiger partial charge in [-0.2, -0.15) is 0 Å². The van der Waals surface area contributed by atoms with E-state index in [1.54, 1.807) is 0 Å². The zero-order valence-corrected chi connectivity index (χ0v) is 8.29. The molecule has 0 radical (unpaired) electrons. The van der Waals surface area contributed by atoms with Gasteiger partial charge < -0.3 is 9.80 Å². The summed E-state index contributed by atoms with van der Waals surface area (Å²) in [5, 5.41) is 0. The summed E-state index contributed by atoms with van der Waals surface area (Å²) in [4.78, 5) is 5.06. The zero-order valence-electron chi connectivity index (χ0n) is 8.29. The van der Waals surface area contributed by atoms with Crippen LogP contribution in [0.2, 0.25) is 0 Å². The predicted molar refractivity (Wildman–Crippen MR) is 51.2 cm³/mol. The maximum atomic E-state index is 2.61. The van der Waals surface area contributed by atoms with Gasteiger partial charge in [-0.25, -0.2) is 0 Å². The molecular weight excluding hydrogens is 148 g/mol.